The van der Waals surface area contributed by atoms with E-state index in [9.17, 15) is 18.3 Å². The van der Waals surface area contributed by atoms with Gasteiger partial charge in [-0.25, -0.2) is 13.2 Å². The maximum Gasteiger partial charge on any atom is 0.337 e. The second-order valence-corrected chi connectivity index (χ2v) is 9.38. The molecule has 0 saturated heterocycles. The lowest BCUT2D eigenvalue weighted by molar-refractivity contribution is 0.0692. The number of sulfone groups is 1. The topological polar surface area (TPSA) is 119 Å². The molecule has 2 aromatic carbocycles. The average Bonchev–Trinajstić information content (AvgIpc) is 3.38. The van der Waals surface area contributed by atoms with E-state index in [0.29, 0.717) is 23.5 Å². The molecule has 2 heterocycles. The van der Waals surface area contributed by atoms with Crippen molar-refractivity contribution in [3.05, 3.63) is 89.9 Å². The Kier molecular flexibility index (Phi) is 6.38. The lowest BCUT2D eigenvalue weighted by Gasteiger charge is -2.20. The summed E-state index contributed by atoms with van der Waals surface area (Å²) in [6, 6.07) is 14.0. The highest BCUT2D eigenvalue weighted by molar-refractivity contribution is 7.91. The molecule has 4 rings (SSSR count). The zero-order valence-electron chi connectivity index (χ0n) is 18.5. The highest BCUT2D eigenvalue weighted by Crippen LogP contribution is 2.42. The predicted octanol–water partition coefficient (Wildman–Crippen LogP) is 4.80. The van der Waals surface area contributed by atoms with Gasteiger partial charge >= 0.3 is 5.97 Å². The zero-order chi connectivity index (χ0) is 24.3. The van der Waals surface area contributed by atoms with Crippen molar-refractivity contribution >= 4 is 21.5 Å². The van der Waals surface area contributed by atoms with Gasteiger partial charge in [0.25, 0.3) is 0 Å². The Morgan fingerprint density at radius 3 is 2.50 bits per heavy atom. The van der Waals surface area contributed by atoms with Gasteiger partial charge in [0.15, 0.2) is 0 Å². The molecule has 34 heavy (non-hydrogen) atoms. The summed E-state index contributed by atoms with van der Waals surface area (Å²) in [7, 11) is -2.79. The van der Waals surface area contributed by atoms with Gasteiger partial charge in [0.2, 0.25) is 9.84 Å². The van der Waals surface area contributed by atoms with Crippen molar-refractivity contribution in [1.29, 1.82) is 0 Å². The summed E-state index contributed by atoms with van der Waals surface area (Å²) in [5.74, 6) is -0.653. The number of methoxy groups -OCH3 is 1. The second kappa shape index (κ2) is 9.40. The minimum atomic E-state index is -4.27. The van der Waals surface area contributed by atoms with Crippen LogP contribution in [0.15, 0.2) is 87.5 Å². The first-order valence-electron chi connectivity index (χ1n) is 10.3. The monoisotopic (exact) mass is 478 g/mol. The van der Waals surface area contributed by atoms with Gasteiger partial charge in [0.05, 0.1) is 34.3 Å². The van der Waals surface area contributed by atoms with E-state index in [1.165, 1.54) is 43.7 Å². The highest BCUT2D eigenvalue weighted by Gasteiger charge is 2.32. The number of carbonyl (C=O) groups is 1. The molecule has 174 valence electrons. The second-order valence-electron chi connectivity index (χ2n) is 7.50. The fourth-order valence-electron chi connectivity index (χ4n) is 3.69. The number of hydrogen-bond donors (Lipinski definition) is 2. The van der Waals surface area contributed by atoms with Gasteiger partial charge < -0.3 is 19.6 Å². The van der Waals surface area contributed by atoms with Gasteiger partial charge in [0.1, 0.15) is 11.5 Å². The SMILES string of the molecule is COc1ccc(S(=O)(=O)c2c(C(=O)O)cc(C)c(NCc3cccnc3)c2-c2ccco2)cc1. The molecule has 0 bridgehead atoms. The maximum atomic E-state index is 13.8. The Morgan fingerprint density at radius 2 is 1.91 bits per heavy atom. The Balaban J connectivity index is 1.97. The molecule has 4 aromatic rings. The number of ether oxygens (including phenoxy) is 1. The van der Waals surface area contributed by atoms with E-state index in [4.69, 9.17) is 9.15 Å². The van der Waals surface area contributed by atoms with Crippen molar-refractivity contribution in [2.24, 2.45) is 0 Å². The number of aromatic nitrogens is 1. The van der Waals surface area contributed by atoms with Gasteiger partial charge in [-0.15, -0.1) is 0 Å². The lowest BCUT2D eigenvalue weighted by atomic mass is 10.0. The molecule has 0 fully saturated rings. The molecule has 0 aliphatic heterocycles. The molecule has 0 aliphatic carbocycles. The molecule has 0 aliphatic rings. The molecule has 8 nitrogen and oxygen atoms in total. The number of rotatable bonds is 8. The van der Waals surface area contributed by atoms with Crippen LogP contribution >= 0.6 is 0 Å². The molecular weight excluding hydrogens is 456 g/mol. The van der Waals surface area contributed by atoms with Gasteiger partial charge in [-0.3, -0.25) is 4.98 Å². The van der Waals surface area contributed by atoms with Gasteiger partial charge in [-0.2, -0.15) is 0 Å². The van der Waals surface area contributed by atoms with Crippen LogP contribution in [0.1, 0.15) is 21.5 Å². The minimum Gasteiger partial charge on any atom is -0.497 e. The number of aromatic carboxylic acids is 1. The van der Waals surface area contributed by atoms with Crippen LogP contribution in [-0.2, 0) is 16.4 Å². The molecule has 0 amide bonds. The smallest absolute Gasteiger partial charge is 0.337 e. The maximum absolute atomic E-state index is 13.8. The molecule has 0 atom stereocenters. The molecule has 0 unspecified atom stereocenters. The molecule has 0 spiro atoms. The summed E-state index contributed by atoms with van der Waals surface area (Å²) in [5.41, 5.74) is 1.69. The number of aryl methyl sites for hydroxylation is 1. The third-order valence-corrected chi connectivity index (χ3v) is 7.16. The van der Waals surface area contributed by atoms with E-state index >= 15 is 0 Å². The van der Waals surface area contributed by atoms with Crippen LogP contribution in [-0.4, -0.2) is 31.6 Å². The van der Waals surface area contributed by atoms with Crippen molar-refractivity contribution < 1.29 is 27.5 Å². The molecule has 0 radical (unpaired) electrons. The number of hydrogen-bond acceptors (Lipinski definition) is 7. The molecule has 9 heteroatoms. The van der Waals surface area contributed by atoms with Gasteiger partial charge in [-0.05, 0) is 66.6 Å². The summed E-state index contributed by atoms with van der Waals surface area (Å²) >= 11 is 0. The summed E-state index contributed by atoms with van der Waals surface area (Å²) in [6.45, 7) is 2.06. The Labute approximate surface area is 196 Å². The van der Waals surface area contributed by atoms with Crippen LogP contribution in [0.4, 0.5) is 5.69 Å². The minimum absolute atomic E-state index is 0.0642. The Hall–Kier alpha value is -4.11. The normalized spacial score (nSPS) is 11.2. The number of nitrogens with one attached hydrogen (secondary N) is 1. The number of carboxylic acid groups (broad SMARTS) is 1. The third-order valence-electron chi connectivity index (χ3n) is 5.31. The summed E-state index contributed by atoms with van der Waals surface area (Å²) < 4.78 is 38.4. The Morgan fingerprint density at radius 1 is 1.15 bits per heavy atom. The summed E-state index contributed by atoms with van der Waals surface area (Å²) in [4.78, 5) is 15.9. The van der Waals surface area contributed by atoms with Crippen molar-refractivity contribution in [2.75, 3.05) is 12.4 Å². The Bertz CT molecular complexity index is 1410. The molecule has 2 N–H and O–H groups in total. The van der Waals surface area contributed by atoms with Crippen LogP contribution < -0.4 is 10.1 Å². The van der Waals surface area contributed by atoms with Crippen molar-refractivity contribution in [3.8, 4) is 17.1 Å². The number of nitrogens with zero attached hydrogens (tertiary/aromatic N) is 1. The van der Waals surface area contributed by atoms with Crippen molar-refractivity contribution in [1.82, 2.24) is 4.98 Å². The largest absolute Gasteiger partial charge is 0.497 e. The van der Waals surface area contributed by atoms with Crippen LogP contribution in [0.3, 0.4) is 0 Å². The van der Waals surface area contributed by atoms with Crippen LogP contribution in [0.25, 0.3) is 11.3 Å². The van der Waals surface area contributed by atoms with E-state index in [1.807, 2.05) is 6.07 Å². The van der Waals surface area contributed by atoms with Crippen LogP contribution in [0.2, 0.25) is 0 Å². The standard InChI is InChI=1S/C25H22N2O6S/c1-16-13-20(25(28)29)24(34(30,31)19-9-7-18(32-2)8-10-19)22(21-6-4-12-33-21)23(16)27-15-17-5-3-11-26-14-17/h3-14,27H,15H2,1-2H3,(H,28,29). The quantitative estimate of drug-likeness (QED) is 0.371. The van der Waals surface area contributed by atoms with Crippen LogP contribution in [0.5, 0.6) is 5.75 Å². The van der Waals surface area contributed by atoms with E-state index in [1.54, 1.807) is 37.5 Å². The number of anilines is 1. The summed E-state index contributed by atoms with van der Waals surface area (Å²) in [5, 5.41) is 13.2. The van der Waals surface area contributed by atoms with E-state index in [2.05, 4.69) is 10.3 Å². The van der Waals surface area contributed by atoms with Crippen LogP contribution in [0, 0.1) is 6.92 Å². The molecule has 2 aromatic heterocycles. The number of furan rings is 1. The van der Waals surface area contributed by atoms with E-state index in [0.717, 1.165) is 5.56 Å². The van der Waals surface area contributed by atoms with Gasteiger partial charge in [-0.1, -0.05) is 6.07 Å². The number of benzene rings is 2. The highest BCUT2D eigenvalue weighted by atomic mass is 32.2. The van der Waals surface area contributed by atoms with Gasteiger partial charge in [0, 0.05) is 24.6 Å². The van der Waals surface area contributed by atoms with Crippen molar-refractivity contribution in [2.45, 2.75) is 23.3 Å². The number of carboxylic acids is 1. The number of pyridine rings is 1. The van der Waals surface area contributed by atoms with Crippen molar-refractivity contribution in [3.63, 3.8) is 0 Å². The zero-order valence-corrected chi connectivity index (χ0v) is 19.3. The average molecular weight is 479 g/mol. The van der Waals surface area contributed by atoms with E-state index < -0.39 is 15.8 Å². The first-order chi connectivity index (χ1) is 16.3. The first kappa shape index (κ1) is 23.1. The first-order valence-corrected chi connectivity index (χ1v) is 11.8. The summed E-state index contributed by atoms with van der Waals surface area (Å²) in [6.07, 6.45) is 4.76. The molecule has 0 saturated carbocycles. The fourth-order valence-corrected chi connectivity index (χ4v) is 5.32. The fraction of sp³-hybridized carbons (Fsp3) is 0.120. The third kappa shape index (κ3) is 4.38. The molecular formula is C25H22N2O6S. The predicted molar refractivity (Wildman–Crippen MR) is 126 cm³/mol. The van der Waals surface area contributed by atoms with E-state index in [-0.39, 0.29) is 26.7 Å². The lowest BCUT2D eigenvalue weighted by Crippen LogP contribution is -2.15.